The molecule has 0 aromatic heterocycles. The summed E-state index contributed by atoms with van der Waals surface area (Å²) in [5.74, 6) is 0. The molecule has 0 spiro atoms. The Kier molecular flexibility index (Phi) is 10.4. The average Bonchev–Trinajstić information content (AvgIpc) is 2.82. The molecule has 2 nitrogen and oxygen atoms in total. The molecule has 32 heavy (non-hydrogen) atoms. The molecule has 0 heterocycles. The lowest BCUT2D eigenvalue weighted by atomic mass is 9.98. The van der Waals surface area contributed by atoms with Gasteiger partial charge in [-0.3, -0.25) is 9.59 Å². The monoisotopic (exact) mass is 650 g/mol. The number of carbonyl (C=O) groups excluding carboxylic acids is 2. The van der Waals surface area contributed by atoms with Crippen molar-refractivity contribution in [2.75, 3.05) is 0 Å². The Morgan fingerprint density at radius 3 is 1.25 bits per heavy atom. The molecule has 0 saturated carbocycles. The molecule has 0 radical (unpaired) electrons. The summed E-state index contributed by atoms with van der Waals surface area (Å²) in [7, 11) is 0. The van der Waals surface area contributed by atoms with Crippen LogP contribution in [0, 0.1) is 7.14 Å². The zero-order valence-corrected chi connectivity index (χ0v) is 22.5. The molecule has 0 aliphatic carbocycles. The summed E-state index contributed by atoms with van der Waals surface area (Å²) in [6, 6.07) is 20.5. The van der Waals surface area contributed by atoms with Crippen LogP contribution < -0.4 is 0 Å². The van der Waals surface area contributed by atoms with Gasteiger partial charge in [-0.05, 0) is 131 Å². The van der Waals surface area contributed by atoms with Crippen molar-refractivity contribution < 1.29 is 9.59 Å². The van der Waals surface area contributed by atoms with Crippen molar-refractivity contribution in [3.63, 3.8) is 0 Å². The molecule has 4 heteroatoms. The molecule has 0 saturated heterocycles. The van der Waals surface area contributed by atoms with Crippen LogP contribution in [0.2, 0.25) is 0 Å². The predicted octanol–water partition coefficient (Wildman–Crippen LogP) is 7.65. The maximum Gasteiger partial charge on any atom is 0.150 e. The molecule has 166 valence electrons. The molecule has 0 bridgehead atoms. The predicted molar refractivity (Wildman–Crippen MR) is 149 cm³/mol. The smallest absolute Gasteiger partial charge is 0.150 e. The Hall–Kier alpha value is -1.54. The van der Waals surface area contributed by atoms with E-state index in [1.54, 1.807) is 0 Å². The van der Waals surface area contributed by atoms with Crippen molar-refractivity contribution in [3.8, 4) is 0 Å². The second-order valence-corrected chi connectivity index (χ2v) is 10.4. The summed E-state index contributed by atoms with van der Waals surface area (Å²) in [5.41, 5.74) is 6.77. The Morgan fingerprint density at radius 2 is 0.875 bits per heavy atom. The van der Waals surface area contributed by atoms with Gasteiger partial charge in [0.15, 0.2) is 0 Å². The number of hydrogen-bond donors (Lipinski definition) is 0. The zero-order chi connectivity index (χ0) is 22.8. The van der Waals surface area contributed by atoms with Crippen molar-refractivity contribution in [1.29, 1.82) is 0 Å². The largest absolute Gasteiger partial charge is 0.298 e. The highest BCUT2D eigenvalue weighted by Crippen LogP contribution is 2.24. The van der Waals surface area contributed by atoms with Crippen LogP contribution in [0.5, 0.6) is 0 Å². The number of aldehydes is 2. The molecule has 3 aromatic rings. The van der Waals surface area contributed by atoms with Crippen molar-refractivity contribution in [3.05, 3.63) is 101 Å². The van der Waals surface area contributed by atoms with Crippen LogP contribution in [-0.4, -0.2) is 12.6 Å². The molecule has 0 aliphatic rings. The fourth-order valence-electron chi connectivity index (χ4n) is 4.03. The number of carbonyl (C=O) groups is 2. The molecular weight excluding hydrogens is 622 g/mol. The Bertz CT molecular complexity index is 974. The summed E-state index contributed by atoms with van der Waals surface area (Å²) in [5, 5.41) is 0. The van der Waals surface area contributed by atoms with Crippen molar-refractivity contribution >= 4 is 57.8 Å². The van der Waals surface area contributed by atoms with E-state index in [-0.39, 0.29) is 0 Å². The first-order valence-electron chi connectivity index (χ1n) is 11.2. The standard InChI is InChI=1S/C28H28I2O2/c29-27-18-24(14-6-2-10-22-12-4-8-16-26(22)20-32)28(30)17-23(27)13-5-1-9-21-11-3-7-15-25(21)19-31/h3-4,7-8,11-12,15-20H,1-2,5-6,9-10,13-14H2. The van der Waals surface area contributed by atoms with Crippen molar-refractivity contribution in [2.45, 2.75) is 51.4 Å². The van der Waals surface area contributed by atoms with Gasteiger partial charge in [0.1, 0.15) is 12.6 Å². The minimum absolute atomic E-state index is 0.815. The third-order valence-corrected chi connectivity index (χ3v) is 7.87. The van der Waals surface area contributed by atoms with Crippen molar-refractivity contribution in [1.82, 2.24) is 0 Å². The minimum atomic E-state index is 0.815. The van der Waals surface area contributed by atoms with E-state index in [0.29, 0.717) is 0 Å². The molecule has 3 aromatic carbocycles. The van der Waals surface area contributed by atoms with Gasteiger partial charge in [-0.25, -0.2) is 0 Å². The zero-order valence-electron chi connectivity index (χ0n) is 18.2. The maximum absolute atomic E-state index is 11.2. The van der Waals surface area contributed by atoms with Crippen LogP contribution in [0.1, 0.15) is 68.7 Å². The Labute approximate surface area is 218 Å². The SMILES string of the molecule is O=Cc1ccccc1CCCCc1cc(I)c(CCCCc2ccccc2C=O)cc1I. The first-order chi connectivity index (χ1) is 15.6. The molecule has 0 amide bonds. The summed E-state index contributed by atoms with van der Waals surface area (Å²) in [6.45, 7) is 0. The van der Waals surface area contributed by atoms with Crippen LogP contribution >= 0.6 is 45.2 Å². The number of unbranched alkanes of at least 4 members (excludes halogenated alkanes) is 2. The van der Waals surface area contributed by atoms with Crippen LogP contribution in [0.25, 0.3) is 0 Å². The van der Waals surface area contributed by atoms with Gasteiger partial charge < -0.3 is 0 Å². The van der Waals surface area contributed by atoms with Gasteiger partial charge in [0, 0.05) is 18.3 Å². The van der Waals surface area contributed by atoms with Gasteiger partial charge in [-0.2, -0.15) is 0 Å². The molecule has 0 atom stereocenters. The van der Waals surface area contributed by atoms with Crippen LogP contribution in [-0.2, 0) is 25.7 Å². The highest BCUT2D eigenvalue weighted by atomic mass is 127. The fourth-order valence-corrected chi connectivity index (χ4v) is 5.63. The van der Waals surface area contributed by atoms with Crippen molar-refractivity contribution in [2.24, 2.45) is 0 Å². The van der Waals surface area contributed by atoms with Crippen LogP contribution in [0.3, 0.4) is 0 Å². The van der Waals surface area contributed by atoms with E-state index in [1.807, 2.05) is 36.4 Å². The normalized spacial score (nSPS) is 10.8. The summed E-state index contributed by atoms with van der Waals surface area (Å²) >= 11 is 4.94. The van der Waals surface area contributed by atoms with Gasteiger partial charge >= 0.3 is 0 Å². The summed E-state index contributed by atoms with van der Waals surface area (Å²) < 4.78 is 2.69. The van der Waals surface area contributed by atoms with E-state index in [9.17, 15) is 9.59 Å². The average molecular weight is 650 g/mol. The van der Waals surface area contributed by atoms with E-state index < -0.39 is 0 Å². The van der Waals surface area contributed by atoms with Crippen LogP contribution in [0.4, 0.5) is 0 Å². The highest BCUT2D eigenvalue weighted by Gasteiger charge is 2.08. The lowest BCUT2D eigenvalue weighted by molar-refractivity contribution is 0.111. The molecule has 0 aliphatic heterocycles. The number of rotatable bonds is 12. The first-order valence-corrected chi connectivity index (χ1v) is 13.3. The quantitative estimate of drug-likeness (QED) is 0.115. The number of hydrogen-bond acceptors (Lipinski definition) is 2. The van der Waals surface area contributed by atoms with E-state index in [1.165, 1.54) is 18.3 Å². The van der Waals surface area contributed by atoms with Gasteiger partial charge in [0.2, 0.25) is 0 Å². The lowest BCUT2D eigenvalue weighted by Gasteiger charge is -2.11. The molecule has 0 fully saturated rings. The van der Waals surface area contributed by atoms with E-state index in [2.05, 4.69) is 69.4 Å². The Balaban J connectivity index is 1.48. The molecule has 0 unspecified atom stereocenters. The number of halogens is 2. The number of benzene rings is 3. The second-order valence-electron chi connectivity index (χ2n) is 8.08. The third kappa shape index (κ3) is 7.24. The third-order valence-electron chi connectivity index (χ3n) is 5.86. The van der Waals surface area contributed by atoms with Crippen LogP contribution in [0.15, 0.2) is 60.7 Å². The van der Waals surface area contributed by atoms with Gasteiger partial charge in [-0.15, -0.1) is 0 Å². The van der Waals surface area contributed by atoms with Gasteiger partial charge in [0.05, 0.1) is 0 Å². The maximum atomic E-state index is 11.2. The minimum Gasteiger partial charge on any atom is -0.298 e. The molecular formula is C28H28I2O2. The molecule has 3 rings (SSSR count). The van der Waals surface area contributed by atoms with Gasteiger partial charge in [-0.1, -0.05) is 48.5 Å². The van der Waals surface area contributed by atoms with E-state index in [4.69, 9.17) is 0 Å². The summed E-state index contributed by atoms with van der Waals surface area (Å²) in [4.78, 5) is 22.4. The highest BCUT2D eigenvalue weighted by molar-refractivity contribution is 14.1. The summed E-state index contributed by atoms with van der Waals surface area (Å²) in [6.07, 6.45) is 10.4. The second kappa shape index (κ2) is 13.2. The topological polar surface area (TPSA) is 34.1 Å². The molecule has 0 N–H and O–H groups in total. The van der Waals surface area contributed by atoms with Gasteiger partial charge in [0.25, 0.3) is 0 Å². The number of aryl methyl sites for hydroxylation is 4. The first kappa shape index (κ1) is 25.1. The Morgan fingerprint density at radius 1 is 0.531 bits per heavy atom. The fraction of sp³-hybridized carbons (Fsp3) is 0.286. The lowest BCUT2D eigenvalue weighted by Crippen LogP contribution is -1.99. The van der Waals surface area contributed by atoms with E-state index in [0.717, 1.165) is 86.2 Å². The van der Waals surface area contributed by atoms with E-state index >= 15 is 0 Å².